The molecule has 3 rings (SSSR count). The third-order valence-electron chi connectivity index (χ3n) is 5.28. The molecule has 0 spiro atoms. The van der Waals surface area contributed by atoms with E-state index in [2.05, 4.69) is 16.0 Å². The van der Waals surface area contributed by atoms with Gasteiger partial charge in [-0.15, -0.1) is 0 Å². The van der Waals surface area contributed by atoms with E-state index in [-0.39, 0.29) is 18.2 Å². The first-order valence-electron chi connectivity index (χ1n) is 10.0. The van der Waals surface area contributed by atoms with Crippen molar-refractivity contribution >= 4 is 6.09 Å². The highest BCUT2D eigenvalue weighted by Crippen LogP contribution is 2.43. The molecule has 29 heavy (non-hydrogen) atoms. The number of carbonyl (C=O) groups is 1. The van der Waals surface area contributed by atoms with Crippen molar-refractivity contribution in [1.82, 2.24) is 14.9 Å². The molecule has 1 amide bonds. The number of rotatable bonds is 2. The third-order valence-corrected chi connectivity index (χ3v) is 5.28. The van der Waals surface area contributed by atoms with Crippen molar-refractivity contribution in [2.24, 2.45) is 0 Å². The standard InChI is InChI=1S/C23H28N4O2/c1-15-8-7-12-25-20(15)18-9-6-10-19(27(18)22(28)29-23(3,4)5)21-16(2)17(14-24)11-13-26-21/h7-8,11-13,18-19H,6,9-10H2,1-5H3/t18-,19+/m1/s1. The molecule has 0 aromatic carbocycles. The van der Waals surface area contributed by atoms with Gasteiger partial charge in [-0.25, -0.2) is 4.79 Å². The fourth-order valence-electron chi connectivity index (χ4n) is 3.96. The van der Waals surface area contributed by atoms with Crippen molar-refractivity contribution in [2.75, 3.05) is 0 Å². The first kappa shape index (κ1) is 20.8. The zero-order valence-corrected chi connectivity index (χ0v) is 17.8. The molecular weight excluding hydrogens is 364 g/mol. The second-order valence-electron chi connectivity index (χ2n) is 8.54. The molecule has 0 bridgehead atoms. The molecule has 0 unspecified atom stereocenters. The molecule has 1 aliphatic heterocycles. The summed E-state index contributed by atoms with van der Waals surface area (Å²) < 4.78 is 5.78. The van der Waals surface area contributed by atoms with Crippen molar-refractivity contribution < 1.29 is 9.53 Å². The number of ether oxygens (including phenoxy) is 1. The molecule has 1 aliphatic rings. The van der Waals surface area contributed by atoms with Crippen LogP contribution in [-0.2, 0) is 4.74 Å². The minimum absolute atomic E-state index is 0.197. The number of aryl methyl sites for hydroxylation is 1. The van der Waals surface area contributed by atoms with E-state index >= 15 is 0 Å². The van der Waals surface area contributed by atoms with Crippen molar-refractivity contribution in [1.29, 1.82) is 5.26 Å². The summed E-state index contributed by atoms with van der Waals surface area (Å²) in [6, 6.07) is 7.38. The van der Waals surface area contributed by atoms with Gasteiger partial charge >= 0.3 is 6.09 Å². The Kier molecular flexibility index (Phi) is 5.88. The summed E-state index contributed by atoms with van der Waals surface area (Å²) in [5.41, 5.74) is 3.47. The lowest BCUT2D eigenvalue weighted by Crippen LogP contribution is -2.44. The zero-order chi connectivity index (χ0) is 21.2. The van der Waals surface area contributed by atoms with Crippen LogP contribution in [0.25, 0.3) is 0 Å². The lowest BCUT2D eigenvalue weighted by atomic mass is 9.88. The first-order valence-corrected chi connectivity index (χ1v) is 10.0. The summed E-state index contributed by atoms with van der Waals surface area (Å²) in [4.78, 5) is 24.3. The molecule has 0 radical (unpaired) electrons. The van der Waals surface area contributed by atoms with Gasteiger partial charge in [-0.3, -0.25) is 14.9 Å². The van der Waals surface area contributed by atoms with Gasteiger partial charge < -0.3 is 4.74 Å². The number of nitrogens with zero attached hydrogens (tertiary/aromatic N) is 4. The number of pyridine rings is 2. The number of carbonyl (C=O) groups excluding carboxylic acids is 1. The molecule has 0 N–H and O–H groups in total. The lowest BCUT2D eigenvalue weighted by Gasteiger charge is -2.42. The summed E-state index contributed by atoms with van der Waals surface area (Å²) in [7, 11) is 0. The Balaban J connectivity index is 2.10. The van der Waals surface area contributed by atoms with E-state index < -0.39 is 5.60 Å². The molecule has 2 aromatic rings. The maximum absolute atomic E-state index is 13.3. The van der Waals surface area contributed by atoms with Gasteiger partial charge in [-0.2, -0.15) is 5.26 Å². The number of nitriles is 1. The largest absolute Gasteiger partial charge is 0.444 e. The zero-order valence-electron chi connectivity index (χ0n) is 17.8. The lowest BCUT2D eigenvalue weighted by molar-refractivity contribution is -0.00812. The van der Waals surface area contributed by atoms with Gasteiger partial charge in [0.2, 0.25) is 0 Å². The third kappa shape index (κ3) is 4.40. The van der Waals surface area contributed by atoms with E-state index in [0.29, 0.717) is 5.56 Å². The summed E-state index contributed by atoms with van der Waals surface area (Å²) in [6.07, 6.45) is 5.54. The summed E-state index contributed by atoms with van der Waals surface area (Å²) in [5, 5.41) is 9.44. The molecule has 1 saturated heterocycles. The average Bonchev–Trinajstić information content (AvgIpc) is 2.66. The Bertz CT molecular complexity index is 943. The quantitative estimate of drug-likeness (QED) is 0.704. The molecule has 3 heterocycles. The molecule has 1 fully saturated rings. The van der Waals surface area contributed by atoms with Crippen LogP contribution in [0.1, 0.15) is 80.2 Å². The molecule has 0 saturated carbocycles. The molecule has 2 atom stereocenters. The van der Waals surface area contributed by atoms with Gasteiger partial charge in [0, 0.05) is 12.4 Å². The highest BCUT2D eigenvalue weighted by molar-refractivity contribution is 5.70. The molecule has 6 nitrogen and oxygen atoms in total. The van der Waals surface area contributed by atoms with Crippen molar-refractivity contribution in [3.63, 3.8) is 0 Å². The Hall–Kier alpha value is -2.94. The van der Waals surface area contributed by atoms with Crippen LogP contribution < -0.4 is 0 Å². The molecule has 0 aliphatic carbocycles. The second-order valence-corrected chi connectivity index (χ2v) is 8.54. The van der Waals surface area contributed by atoms with Gasteiger partial charge in [0.1, 0.15) is 5.60 Å². The predicted octanol–water partition coefficient (Wildman–Crippen LogP) is 5.17. The molecule has 6 heteroatoms. The Morgan fingerprint density at radius 3 is 2.41 bits per heavy atom. The van der Waals surface area contributed by atoms with Gasteiger partial charge in [-0.1, -0.05) is 6.07 Å². The monoisotopic (exact) mass is 392 g/mol. The van der Waals surface area contributed by atoms with E-state index in [9.17, 15) is 10.1 Å². The number of likely N-dealkylation sites (tertiary alicyclic amines) is 1. The van der Waals surface area contributed by atoms with Crippen LogP contribution in [0.3, 0.4) is 0 Å². The minimum atomic E-state index is -0.611. The fraction of sp³-hybridized carbons (Fsp3) is 0.478. The maximum atomic E-state index is 13.3. The van der Waals surface area contributed by atoms with E-state index in [4.69, 9.17) is 4.74 Å². The average molecular weight is 393 g/mol. The Labute approximate surface area is 172 Å². The van der Waals surface area contributed by atoms with Crippen LogP contribution in [0.5, 0.6) is 0 Å². The van der Waals surface area contributed by atoms with Crippen LogP contribution in [0.4, 0.5) is 4.79 Å². The molecular formula is C23H28N4O2. The van der Waals surface area contributed by atoms with E-state index in [1.165, 1.54) is 0 Å². The van der Waals surface area contributed by atoms with Crippen molar-refractivity contribution in [2.45, 2.75) is 71.6 Å². The van der Waals surface area contributed by atoms with Crippen LogP contribution in [0, 0.1) is 25.2 Å². The highest BCUT2D eigenvalue weighted by Gasteiger charge is 2.40. The smallest absolute Gasteiger partial charge is 0.411 e. The number of piperidine rings is 1. The van der Waals surface area contributed by atoms with Crippen molar-refractivity contribution in [3.05, 3.63) is 58.7 Å². The van der Waals surface area contributed by atoms with Gasteiger partial charge in [0.15, 0.2) is 0 Å². The maximum Gasteiger partial charge on any atom is 0.411 e. The number of amides is 1. The number of hydrogen-bond donors (Lipinski definition) is 0. The van der Waals surface area contributed by atoms with Crippen LogP contribution in [-0.4, -0.2) is 26.6 Å². The summed E-state index contributed by atoms with van der Waals surface area (Å²) >= 11 is 0. The summed E-state index contributed by atoms with van der Waals surface area (Å²) in [6.45, 7) is 9.50. The van der Waals surface area contributed by atoms with E-state index in [1.54, 1.807) is 23.4 Å². The minimum Gasteiger partial charge on any atom is -0.444 e. The Morgan fingerprint density at radius 1 is 1.14 bits per heavy atom. The van der Waals surface area contributed by atoms with Crippen LogP contribution >= 0.6 is 0 Å². The van der Waals surface area contributed by atoms with Gasteiger partial charge in [0.25, 0.3) is 0 Å². The van der Waals surface area contributed by atoms with Gasteiger partial charge in [0.05, 0.1) is 35.1 Å². The summed E-state index contributed by atoms with van der Waals surface area (Å²) in [5.74, 6) is 0. The number of aromatic nitrogens is 2. The van der Waals surface area contributed by atoms with Crippen LogP contribution in [0.2, 0.25) is 0 Å². The highest BCUT2D eigenvalue weighted by atomic mass is 16.6. The van der Waals surface area contributed by atoms with Crippen molar-refractivity contribution in [3.8, 4) is 6.07 Å². The van der Waals surface area contributed by atoms with Gasteiger partial charge in [-0.05, 0) is 77.1 Å². The first-order chi connectivity index (χ1) is 13.7. The predicted molar refractivity (Wildman–Crippen MR) is 110 cm³/mol. The fourth-order valence-corrected chi connectivity index (χ4v) is 3.96. The molecule has 152 valence electrons. The normalized spacial score (nSPS) is 19.5. The Morgan fingerprint density at radius 2 is 1.79 bits per heavy atom. The SMILES string of the molecule is Cc1cccnc1[C@H]1CCC[C@@H](c2nccc(C#N)c2C)N1C(=O)OC(C)(C)C. The second kappa shape index (κ2) is 8.20. The van der Waals surface area contributed by atoms with E-state index in [1.807, 2.05) is 46.8 Å². The van der Waals surface area contributed by atoms with Crippen LogP contribution in [0.15, 0.2) is 30.6 Å². The number of hydrogen-bond acceptors (Lipinski definition) is 5. The topological polar surface area (TPSA) is 79.1 Å². The van der Waals surface area contributed by atoms with E-state index in [0.717, 1.165) is 41.8 Å². The molecule has 2 aromatic heterocycles.